The van der Waals surface area contributed by atoms with Crippen LogP contribution in [0.25, 0.3) is 0 Å². The molecule has 1 rings (SSSR count). The summed E-state index contributed by atoms with van der Waals surface area (Å²) in [5.41, 5.74) is 0.820. The lowest BCUT2D eigenvalue weighted by atomic mass is 10.1. The van der Waals surface area contributed by atoms with Gasteiger partial charge in [-0.3, -0.25) is 0 Å². The van der Waals surface area contributed by atoms with Crippen molar-refractivity contribution in [3.05, 3.63) is 29.8 Å². The molecule has 34 heavy (non-hydrogen) atoms. The molecule has 0 bridgehead atoms. The maximum absolute atomic E-state index is 13.0. The molecule has 0 aliphatic carbocycles. The highest BCUT2D eigenvalue weighted by Crippen LogP contribution is 2.20. The summed E-state index contributed by atoms with van der Waals surface area (Å²) < 4.78 is 37.0. The summed E-state index contributed by atoms with van der Waals surface area (Å²) in [5, 5.41) is 12.2. The number of ether oxygens (including phenoxy) is 2. The summed E-state index contributed by atoms with van der Waals surface area (Å²) in [6.07, 6.45) is 1.71. The Balaban J connectivity index is 2.57. The van der Waals surface area contributed by atoms with Gasteiger partial charge < -0.3 is 24.8 Å². The van der Waals surface area contributed by atoms with E-state index < -0.39 is 18.0 Å². The number of hydrogen-bond acceptors (Lipinski definition) is 4. The van der Waals surface area contributed by atoms with Crippen molar-refractivity contribution in [3.8, 4) is 5.75 Å². The molecule has 0 aromatic heterocycles. The summed E-state index contributed by atoms with van der Waals surface area (Å²) in [4.78, 5) is 25.5. The number of carbonyl (C=O) groups is 2. The highest BCUT2D eigenvalue weighted by Gasteiger charge is 2.20. The van der Waals surface area contributed by atoms with Crippen molar-refractivity contribution in [3.63, 3.8) is 0 Å². The number of benzene rings is 1. The molecular formula is C25H40F2N2O5. The molecule has 0 spiro atoms. The van der Waals surface area contributed by atoms with Gasteiger partial charge in [-0.2, -0.15) is 0 Å². The number of hydrogen-bond donors (Lipinski definition) is 2. The molecule has 1 aromatic rings. The van der Waals surface area contributed by atoms with Crippen LogP contribution in [-0.4, -0.2) is 66.4 Å². The van der Waals surface area contributed by atoms with Gasteiger partial charge in [-0.15, -0.1) is 0 Å². The third-order valence-corrected chi connectivity index (χ3v) is 5.43. The summed E-state index contributed by atoms with van der Waals surface area (Å²) >= 11 is 0. The standard InChI is InChI=1S/C25H40F2N2O5/c1-5-19(3)28-24(32)29(15-9-7-8-14-25(4,26)27)16-17-34-21-12-10-20(11-13-21)18-22(23(30)31)33-6-2/h10-13,19,22H,5-9,14-18H2,1-4H3,(H,28,32)(H,30,31). The zero-order valence-electron chi connectivity index (χ0n) is 20.8. The molecule has 1 aromatic carbocycles. The van der Waals surface area contributed by atoms with E-state index in [2.05, 4.69) is 5.32 Å². The summed E-state index contributed by atoms with van der Waals surface area (Å²) in [5.74, 6) is -3.05. The predicted molar refractivity (Wildman–Crippen MR) is 128 cm³/mol. The average Bonchev–Trinajstić information content (AvgIpc) is 2.77. The van der Waals surface area contributed by atoms with Gasteiger partial charge in [0, 0.05) is 32.0 Å². The number of urea groups is 1. The Kier molecular flexibility index (Phi) is 13.5. The molecule has 2 N–H and O–H groups in total. The number of aliphatic carboxylic acids is 1. The van der Waals surface area contributed by atoms with Gasteiger partial charge in [0.25, 0.3) is 0 Å². The SMILES string of the molecule is CCOC(Cc1ccc(OCCN(CCCCCC(C)(F)F)C(=O)NC(C)CC)cc1)C(=O)O. The second-order valence-electron chi connectivity index (χ2n) is 8.61. The first-order valence-corrected chi connectivity index (χ1v) is 12.0. The van der Waals surface area contributed by atoms with Crippen LogP contribution in [0.2, 0.25) is 0 Å². The van der Waals surface area contributed by atoms with E-state index in [9.17, 15) is 23.5 Å². The van der Waals surface area contributed by atoms with E-state index in [0.717, 1.165) is 18.9 Å². The smallest absolute Gasteiger partial charge is 0.333 e. The lowest BCUT2D eigenvalue weighted by Gasteiger charge is -2.25. The Hall–Kier alpha value is -2.42. The van der Waals surface area contributed by atoms with E-state index in [1.54, 1.807) is 36.1 Å². The molecule has 0 heterocycles. The predicted octanol–water partition coefficient (Wildman–Crippen LogP) is 5.12. The lowest BCUT2D eigenvalue weighted by Crippen LogP contribution is -2.45. The van der Waals surface area contributed by atoms with Crippen molar-refractivity contribution in [2.45, 2.75) is 84.3 Å². The van der Waals surface area contributed by atoms with E-state index in [0.29, 0.717) is 44.7 Å². The molecule has 0 aliphatic rings. The van der Waals surface area contributed by atoms with Gasteiger partial charge in [0.2, 0.25) is 5.92 Å². The average molecular weight is 487 g/mol. The summed E-state index contributed by atoms with van der Waals surface area (Å²) in [6.45, 7) is 8.02. The zero-order chi connectivity index (χ0) is 25.6. The molecular weight excluding hydrogens is 446 g/mol. The number of unbranched alkanes of at least 4 members (excludes halogenated alkanes) is 2. The van der Waals surface area contributed by atoms with Gasteiger partial charge in [0.15, 0.2) is 6.10 Å². The molecule has 9 heteroatoms. The number of carbonyl (C=O) groups excluding carboxylic acids is 1. The van der Waals surface area contributed by atoms with Crippen molar-refractivity contribution < 1.29 is 33.0 Å². The first kappa shape index (κ1) is 29.6. The molecule has 2 unspecified atom stereocenters. The van der Waals surface area contributed by atoms with Crippen molar-refractivity contribution in [2.24, 2.45) is 0 Å². The number of carboxylic acid groups (broad SMARTS) is 1. The largest absolute Gasteiger partial charge is 0.492 e. The summed E-state index contributed by atoms with van der Waals surface area (Å²) in [7, 11) is 0. The highest BCUT2D eigenvalue weighted by atomic mass is 19.3. The van der Waals surface area contributed by atoms with Crippen molar-refractivity contribution >= 4 is 12.0 Å². The first-order chi connectivity index (χ1) is 16.1. The van der Waals surface area contributed by atoms with Crippen LogP contribution in [0.5, 0.6) is 5.75 Å². The molecule has 2 atom stereocenters. The monoisotopic (exact) mass is 486 g/mol. The van der Waals surface area contributed by atoms with Gasteiger partial charge in [-0.25, -0.2) is 18.4 Å². The third kappa shape index (κ3) is 12.7. The molecule has 0 saturated carbocycles. The van der Waals surface area contributed by atoms with Gasteiger partial charge in [0.1, 0.15) is 12.4 Å². The number of carboxylic acids is 1. The summed E-state index contributed by atoms with van der Waals surface area (Å²) in [6, 6.07) is 6.95. The van der Waals surface area contributed by atoms with E-state index >= 15 is 0 Å². The molecule has 0 aliphatic heterocycles. The minimum atomic E-state index is -2.66. The molecule has 194 valence electrons. The molecule has 0 fully saturated rings. The molecule has 7 nitrogen and oxygen atoms in total. The van der Waals surface area contributed by atoms with Gasteiger partial charge in [-0.05, 0) is 57.7 Å². The van der Waals surface area contributed by atoms with Crippen molar-refractivity contribution in [1.82, 2.24) is 10.2 Å². The number of amides is 2. The fraction of sp³-hybridized carbons (Fsp3) is 0.680. The molecule has 0 radical (unpaired) electrons. The number of rotatable bonds is 17. The molecule has 0 saturated heterocycles. The second-order valence-corrected chi connectivity index (χ2v) is 8.61. The first-order valence-electron chi connectivity index (χ1n) is 12.0. The quantitative estimate of drug-likeness (QED) is 0.298. The Morgan fingerprint density at radius 3 is 2.35 bits per heavy atom. The van der Waals surface area contributed by atoms with Crippen LogP contribution in [0.15, 0.2) is 24.3 Å². The van der Waals surface area contributed by atoms with Crippen LogP contribution < -0.4 is 10.1 Å². The topological polar surface area (TPSA) is 88.1 Å². The van der Waals surface area contributed by atoms with E-state index in [1.807, 2.05) is 13.8 Å². The zero-order valence-corrected chi connectivity index (χ0v) is 20.8. The highest BCUT2D eigenvalue weighted by molar-refractivity contribution is 5.74. The van der Waals surface area contributed by atoms with Gasteiger partial charge in [0.05, 0.1) is 6.54 Å². The fourth-order valence-corrected chi connectivity index (χ4v) is 3.26. The van der Waals surface area contributed by atoms with E-state index in [4.69, 9.17) is 9.47 Å². The van der Waals surface area contributed by atoms with Crippen LogP contribution in [0.1, 0.15) is 65.4 Å². The second kappa shape index (κ2) is 15.5. The number of nitrogens with zero attached hydrogens (tertiary/aromatic N) is 1. The van der Waals surface area contributed by atoms with Gasteiger partial charge in [-0.1, -0.05) is 25.5 Å². The van der Waals surface area contributed by atoms with Crippen LogP contribution >= 0.6 is 0 Å². The minimum Gasteiger partial charge on any atom is -0.492 e. The van der Waals surface area contributed by atoms with Crippen LogP contribution in [0, 0.1) is 0 Å². The maximum Gasteiger partial charge on any atom is 0.333 e. The number of halogens is 2. The Labute approximate surface area is 201 Å². The van der Waals surface area contributed by atoms with Gasteiger partial charge >= 0.3 is 12.0 Å². The van der Waals surface area contributed by atoms with E-state index in [1.165, 1.54) is 0 Å². The van der Waals surface area contributed by atoms with Crippen molar-refractivity contribution in [2.75, 3.05) is 26.3 Å². The normalized spacial score (nSPS) is 13.2. The number of alkyl halides is 2. The van der Waals surface area contributed by atoms with Crippen molar-refractivity contribution in [1.29, 1.82) is 0 Å². The Bertz CT molecular complexity index is 725. The fourth-order valence-electron chi connectivity index (χ4n) is 3.26. The Morgan fingerprint density at radius 2 is 1.79 bits per heavy atom. The van der Waals surface area contributed by atoms with Crippen LogP contribution in [0.3, 0.4) is 0 Å². The lowest BCUT2D eigenvalue weighted by molar-refractivity contribution is -0.149. The van der Waals surface area contributed by atoms with Crippen LogP contribution in [-0.2, 0) is 16.0 Å². The number of nitrogens with one attached hydrogen (secondary N) is 1. The Morgan fingerprint density at radius 1 is 1.12 bits per heavy atom. The maximum atomic E-state index is 13.0. The van der Waals surface area contributed by atoms with Crippen LogP contribution in [0.4, 0.5) is 13.6 Å². The van der Waals surface area contributed by atoms with E-state index in [-0.39, 0.29) is 31.5 Å². The third-order valence-electron chi connectivity index (χ3n) is 5.43. The minimum absolute atomic E-state index is 0.0357. The molecule has 2 amide bonds.